The first-order valence-corrected chi connectivity index (χ1v) is 12.6. The number of H-pyrrole nitrogens is 1. The maximum Gasteiger partial charge on any atom is 0.226 e. The van der Waals surface area contributed by atoms with E-state index in [1.807, 2.05) is 18.5 Å². The molecule has 0 radical (unpaired) electrons. The maximum absolute atomic E-state index is 13.1. The lowest BCUT2D eigenvalue weighted by Crippen LogP contribution is -2.56. The number of piperidine rings is 1. The van der Waals surface area contributed by atoms with E-state index in [0.29, 0.717) is 18.0 Å². The van der Waals surface area contributed by atoms with Crippen molar-refractivity contribution in [2.24, 2.45) is 5.92 Å². The van der Waals surface area contributed by atoms with E-state index >= 15 is 0 Å². The quantitative estimate of drug-likeness (QED) is 0.499. The van der Waals surface area contributed by atoms with Crippen molar-refractivity contribution in [2.75, 3.05) is 26.2 Å². The molecule has 1 aromatic carbocycles. The monoisotopic (exact) mass is 467 g/mol. The van der Waals surface area contributed by atoms with Crippen molar-refractivity contribution < 1.29 is 4.79 Å². The fourth-order valence-electron chi connectivity index (χ4n) is 6.16. The van der Waals surface area contributed by atoms with Gasteiger partial charge in [0.15, 0.2) is 0 Å². The van der Waals surface area contributed by atoms with Crippen LogP contribution in [0.5, 0.6) is 0 Å². The van der Waals surface area contributed by atoms with Crippen LogP contribution in [-0.2, 0) is 17.6 Å². The number of nitrogens with one attached hydrogen (secondary N) is 1. The van der Waals surface area contributed by atoms with Crippen molar-refractivity contribution in [1.82, 2.24) is 34.5 Å². The number of nitrogens with zero attached hydrogens (tertiary/aromatic N) is 6. The molecule has 2 fully saturated rings. The van der Waals surface area contributed by atoms with Gasteiger partial charge in [-0.3, -0.25) is 14.4 Å². The Morgan fingerprint density at radius 1 is 0.971 bits per heavy atom. The van der Waals surface area contributed by atoms with Gasteiger partial charge in [-0.25, -0.2) is 9.97 Å². The van der Waals surface area contributed by atoms with Crippen LogP contribution in [0.4, 0.5) is 0 Å². The van der Waals surface area contributed by atoms with Crippen LogP contribution in [0.15, 0.2) is 55.2 Å². The Kier molecular flexibility index (Phi) is 4.94. The number of benzene rings is 1. The van der Waals surface area contributed by atoms with E-state index < -0.39 is 0 Å². The van der Waals surface area contributed by atoms with Crippen molar-refractivity contribution >= 4 is 16.9 Å². The molecule has 3 aromatic heterocycles. The number of carbonyl (C=O) groups is 1. The normalized spacial score (nSPS) is 19.8. The summed E-state index contributed by atoms with van der Waals surface area (Å²) in [5, 5.41) is 5.67. The molecule has 0 spiro atoms. The number of rotatable bonds is 4. The molecule has 4 aromatic rings. The number of fused-ring (bicyclic) bond motifs is 2. The molecule has 1 amide bonds. The van der Waals surface area contributed by atoms with Crippen LogP contribution in [-0.4, -0.2) is 72.7 Å². The highest BCUT2D eigenvalue weighted by Crippen LogP contribution is 2.32. The third-order valence-corrected chi connectivity index (χ3v) is 8.19. The van der Waals surface area contributed by atoms with E-state index in [1.54, 1.807) is 6.33 Å². The Labute approximate surface area is 204 Å². The number of likely N-dealkylation sites (tertiary alicyclic amines) is 2. The molecule has 1 aliphatic carbocycles. The van der Waals surface area contributed by atoms with E-state index in [-0.39, 0.29) is 5.92 Å². The molecule has 0 atom stereocenters. The van der Waals surface area contributed by atoms with Gasteiger partial charge in [0.2, 0.25) is 5.91 Å². The summed E-state index contributed by atoms with van der Waals surface area (Å²) < 4.78 is 2.09. The minimum Gasteiger partial charge on any atom is -0.346 e. The molecule has 5 heterocycles. The molecule has 0 unspecified atom stereocenters. The Balaban J connectivity index is 0.932. The Bertz CT molecular complexity index is 1350. The molecule has 8 heteroatoms. The number of hydrogen-bond donors (Lipinski definition) is 1. The van der Waals surface area contributed by atoms with Gasteiger partial charge in [-0.1, -0.05) is 24.3 Å². The molecule has 2 aliphatic heterocycles. The molecule has 7 rings (SSSR count). The minimum absolute atomic E-state index is 0.133. The highest BCUT2D eigenvalue weighted by atomic mass is 16.2. The lowest BCUT2D eigenvalue weighted by Gasteiger charge is -2.47. The van der Waals surface area contributed by atoms with E-state index in [1.165, 1.54) is 11.1 Å². The summed E-state index contributed by atoms with van der Waals surface area (Å²) in [5.41, 5.74) is 5.50. The molecule has 0 bridgehead atoms. The standard InChI is InChI=1S/C27H29N7O/c35-27(20-11-18-3-1-2-4-19(18)12-20)32-9-6-22(7-10-32)33-15-23(16-33)34-14-21(13-31-34)25-24-5-8-28-26(24)30-17-29-25/h1-5,8,13-14,17,20,22-23H,6-7,9-12,15-16H2,(H,28,29,30). The smallest absolute Gasteiger partial charge is 0.226 e. The first-order valence-electron chi connectivity index (χ1n) is 12.6. The van der Waals surface area contributed by atoms with Gasteiger partial charge in [-0.05, 0) is 42.9 Å². The summed E-state index contributed by atoms with van der Waals surface area (Å²) in [6, 6.07) is 11.5. The van der Waals surface area contributed by atoms with Crippen LogP contribution >= 0.6 is 0 Å². The molecular formula is C27H29N7O. The van der Waals surface area contributed by atoms with Crippen molar-refractivity contribution in [3.05, 3.63) is 66.4 Å². The van der Waals surface area contributed by atoms with Crippen LogP contribution in [0.2, 0.25) is 0 Å². The summed E-state index contributed by atoms with van der Waals surface area (Å²) in [5.74, 6) is 0.486. The molecule has 1 N–H and O–H groups in total. The highest BCUT2D eigenvalue weighted by molar-refractivity contribution is 5.90. The Morgan fingerprint density at radius 2 is 1.74 bits per heavy atom. The molecule has 8 nitrogen and oxygen atoms in total. The number of carbonyl (C=O) groups excluding carboxylic acids is 1. The van der Waals surface area contributed by atoms with Gasteiger partial charge >= 0.3 is 0 Å². The molecule has 0 saturated carbocycles. The van der Waals surface area contributed by atoms with Gasteiger partial charge in [0.1, 0.15) is 12.0 Å². The Hall–Kier alpha value is -3.52. The summed E-state index contributed by atoms with van der Waals surface area (Å²) in [4.78, 5) is 29.7. The zero-order valence-corrected chi connectivity index (χ0v) is 19.7. The third-order valence-electron chi connectivity index (χ3n) is 8.19. The van der Waals surface area contributed by atoms with Crippen molar-refractivity contribution in [2.45, 2.75) is 37.8 Å². The topological polar surface area (TPSA) is 82.9 Å². The molecular weight excluding hydrogens is 438 g/mol. The van der Waals surface area contributed by atoms with Crippen LogP contribution in [0.3, 0.4) is 0 Å². The largest absolute Gasteiger partial charge is 0.346 e. The van der Waals surface area contributed by atoms with Gasteiger partial charge in [0.05, 0.1) is 17.9 Å². The summed E-state index contributed by atoms with van der Waals surface area (Å²) in [6.45, 7) is 3.79. The number of amides is 1. The Morgan fingerprint density at radius 3 is 2.51 bits per heavy atom. The predicted molar refractivity (Wildman–Crippen MR) is 133 cm³/mol. The minimum atomic E-state index is 0.133. The molecule has 35 heavy (non-hydrogen) atoms. The average molecular weight is 468 g/mol. The van der Waals surface area contributed by atoms with Crippen LogP contribution < -0.4 is 0 Å². The second kappa shape index (κ2) is 8.30. The van der Waals surface area contributed by atoms with E-state index in [0.717, 1.165) is 74.2 Å². The lowest BCUT2D eigenvalue weighted by atomic mass is 9.96. The second-order valence-electron chi connectivity index (χ2n) is 10.2. The zero-order chi connectivity index (χ0) is 23.4. The second-order valence-corrected chi connectivity index (χ2v) is 10.2. The zero-order valence-electron chi connectivity index (χ0n) is 19.7. The summed E-state index contributed by atoms with van der Waals surface area (Å²) in [6.07, 6.45) is 11.4. The fraction of sp³-hybridized carbons (Fsp3) is 0.407. The van der Waals surface area contributed by atoms with Gasteiger partial charge in [-0.15, -0.1) is 0 Å². The van der Waals surface area contributed by atoms with Crippen LogP contribution in [0.1, 0.15) is 30.0 Å². The van der Waals surface area contributed by atoms with E-state index in [4.69, 9.17) is 0 Å². The number of hydrogen-bond acceptors (Lipinski definition) is 5. The summed E-state index contributed by atoms with van der Waals surface area (Å²) >= 11 is 0. The lowest BCUT2D eigenvalue weighted by molar-refractivity contribution is -0.137. The van der Waals surface area contributed by atoms with Gasteiger partial charge in [-0.2, -0.15) is 5.10 Å². The van der Waals surface area contributed by atoms with Crippen molar-refractivity contribution in [3.63, 3.8) is 0 Å². The SMILES string of the molecule is O=C(C1Cc2ccccc2C1)N1CCC(N2CC(n3cc(-c4ncnc5[nH]ccc45)cn3)C2)CC1. The number of aromatic nitrogens is 5. The molecule has 2 saturated heterocycles. The van der Waals surface area contributed by atoms with Crippen LogP contribution in [0.25, 0.3) is 22.3 Å². The highest BCUT2D eigenvalue weighted by Gasteiger charge is 2.38. The van der Waals surface area contributed by atoms with Gasteiger partial charge in [0, 0.05) is 61.5 Å². The van der Waals surface area contributed by atoms with Crippen molar-refractivity contribution in [1.29, 1.82) is 0 Å². The first kappa shape index (κ1) is 20.8. The average Bonchev–Trinajstić information content (AvgIpc) is 3.62. The van der Waals surface area contributed by atoms with Crippen molar-refractivity contribution in [3.8, 4) is 11.3 Å². The van der Waals surface area contributed by atoms with E-state index in [9.17, 15) is 4.79 Å². The van der Waals surface area contributed by atoms with Gasteiger partial charge < -0.3 is 9.88 Å². The maximum atomic E-state index is 13.1. The molecule has 178 valence electrons. The number of aromatic amines is 1. The summed E-state index contributed by atoms with van der Waals surface area (Å²) in [7, 11) is 0. The fourth-order valence-corrected chi connectivity index (χ4v) is 6.16. The predicted octanol–water partition coefficient (Wildman–Crippen LogP) is 3.08. The molecule has 3 aliphatic rings. The third kappa shape index (κ3) is 3.63. The van der Waals surface area contributed by atoms with Crippen LogP contribution in [0, 0.1) is 5.92 Å². The van der Waals surface area contributed by atoms with Gasteiger partial charge in [0.25, 0.3) is 0 Å². The van der Waals surface area contributed by atoms with E-state index in [2.05, 4.69) is 65.0 Å². The first-order chi connectivity index (χ1) is 17.2.